The summed E-state index contributed by atoms with van der Waals surface area (Å²) in [7, 11) is 0. The van der Waals surface area contributed by atoms with E-state index in [9.17, 15) is 9.59 Å². The summed E-state index contributed by atoms with van der Waals surface area (Å²) in [6.07, 6.45) is 1.45. The Bertz CT molecular complexity index is 585. The Balaban J connectivity index is 1.92. The van der Waals surface area contributed by atoms with Crippen LogP contribution in [0, 0.1) is 5.92 Å². The van der Waals surface area contributed by atoms with E-state index in [1.165, 1.54) is 0 Å². The third-order valence-corrected chi connectivity index (χ3v) is 4.39. The highest BCUT2D eigenvalue weighted by Crippen LogP contribution is 2.19. The molecular formula is C16H21Cl2N3O2. The quantitative estimate of drug-likeness (QED) is 0.778. The van der Waals surface area contributed by atoms with Crippen LogP contribution >= 0.6 is 23.2 Å². The molecule has 0 radical (unpaired) electrons. The van der Waals surface area contributed by atoms with Crippen LogP contribution in [0.4, 0.5) is 0 Å². The van der Waals surface area contributed by atoms with Gasteiger partial charge >= 0.3 is 0 Å². The number of hydrogen-bond donors (Lipinski definition) is 0. The Morgan fingerprint density at radius 1 is 1.13 bits per heavy atom. The van der Waals surface area contributed by atoms with Crippen molar-refractivity contribution < 1.29 is 9.59 Å². The summed E-state index contributed by atoms with van der Waals surface area (Å²) in [5.41, 5.74) is 0.166. The van der Waals surface area contributed by atoms with Gasteiger partial charge in [-0.2, -0.15) is 0 Å². The maximum absolute atomic E-state index is 12.5. The molecule has 1 fully saturated rings. The number of aromatic nitrogens is 1. The lowest BCUT2D eigenvalue weighted by Crippen LogP contribution is -2.50. The Morgan fingerprint density at radius 3 is 2.35 bits per heavy atom. The highest BCUT2D eigenvalue weighted by atomic mass is 35.5. The predicted octanol–water partition coefficient (Wildman–Crippen LogP) is 3.11. The standard InChI is InChI=1S/C16H21Cl2N3O2/c1-11(2)3-6-14(22)20-7-9-21(10-8-20)16(23)15-12(17)4-5-13(18)19-15/h4-5,11H,3,6-10H2,1-2H3. The normalized spacial score (nSPS) is 15.2. The van der Waals surface area contributed by atoms with Gasteiger partial charge in [0, 0.05) is 32.6 Å². The number of nitrogens with zero attached hydrogens (tertiary/aromatic N) is 3. The lowest BCUT2D eigenvalue weighted by atomic mass is 10.1. The Hall–Kier alpha value is -1.33. The van der Waals surface area contributed by atoms with Gasteiger partial charge in [-0.1, -0.05) is 37.0 Å². The van der Waals surface area contributed by atoms with E-state index in [1.54, 1.807) is 17.0 Å². The van der Waals surface area contributed by atoms with Crippen LogP contribution in [0.2, 0.25) is 10.2 Å². The van der Waals surface area contributed by atoms with Crippen LogP contribution < -0.4 is 0 Å². The molecule has 23 heavy (non-hydrogen) atoms. The van der Waals surface area contributed by atoms with E-state index in [-0.39, 0.29) is 27.7 Å². The summed E-state index contributed by atoms with van der Waals surface area (Å²) in [4.78, 5) is 32.1. The van der Waals surface area contributed by atoms with Gasteiger partial charge in [0.25, 0.3) is 5.91 Å². The lowest BCUT2D eigenvalue weighted by Gasteiger charge is -2.34. The van der Waals surface area contributed by atoms with Crippen LogP contribution in [0.3, 0.4) is 0 Å². The van der Waals surface area contributed by atoms with Crippen molar-refractivity contribution in [3.05, 3.63) is 28.0 Å². The first-order chi connectivity index (χ1) is 10.9. The van der Waals surface area contributed by atoms with Gasteiger partial charge in [-0.15, -0.1) is 0 Å². The largest absolute Gasteiger partial charge is 0.339 e. The van der Waals surface area contributed by atoms with Crippen molar-refractivity contribution in [3.8, 4) is 0 Å². The molecule has 7 heteroatoms. The molecule has 2 amide bonds. The number of carbonyl (C=O) groups is 2. The van der Waals surface area contributed by atoms with Gasteiger partial charge in [0.2, 0.25) is 5.91 Å². The predicted molar refractivity (Wildman–Crippen MR) is 90.8 cm³/mol. The number of carbonyl (C=O) groups excluding carboxylic acids is 2. The molecule has 2 rings (SSSR count). The van der Waals surface area contributed by atoms with Crippen LogP contribution in [0.25, 0.3) is 0 Å². The number of piperazine rings is 1. The van der Waals surface area contributed by atoms with Crippen LogP contribution in [0.5, 0.6) is 0 Å². The van der Waals surface area contributed by atoms with Crippen LogP contribution in [-0.4, -0.2) is 52.8 Å². The third kappa shape index (κ3) is 4.82. The Morgan fingerprint density at radius 2 is 1.74 bits per heavy atom. The number of amides is 2. The number of hydrogen-bond acceptors (Lipinski definition) is 3. The average Bonchev–Trinajstić information content (AvgIpc) is 2.54. The van der Waals surface area contributed by atoms with Crippen molar-refractivity contribution in [1.29, 1.82) is 0 Å². The van der Waals surface area contributed by atoms with Gasteiger partial charge in [-0.25, -0.2) is 4.98 Å². The summed E-state index contributed by atoms with van der Waals surface area (Å²) in [6.45, 7) is 6.26. The van der Waals surface area contributed by atoms with E-state index < -0.39 is 0 Å². The second kappa shape index (κ2) is 7.97. The summed E-state index contributed by atoms with van der Waals surface area (Å²) in [5, 5.41) is 0.523. The van der Waals surface area contributed by atoms with Gasteiger partial charge in [-0.05, 0) is 24.5 Å². The highest BCUT2D eigenvalue weighted by Gasteiger charge is 2.26. The van der Waals surface area contributed by atoms with E-state index in [2.05, 4.69) is 18.8 Å². The fraction of sp³-hybridized carbons (Fsp3) is 0.562. The molecular weight excluding hydrogens is 337 g/mol. The van der Waals surface area contributed by atoms with Gasteiger partial charge in [-0.3, -0.25) is 9.59 Å². The van der Waals surface area contributed by atoms with Crippen molar-refractivity contribution in [2.24, 2.45) is 5.92 Å². The lowest BCUT2D eigenvalue weighted by molar-refractivity contribution is -0.132. The summed E-state index contributed by atoms with van der Waals surface area (Å²) in [5.74, 6) is 0.425. The fourth-order valence-corrected chi connectivity index (χ4v) is 2.78. The second-order valence-electron chi connectivity index (χ2n) is 6.07. The second-order valence-corrected chi connectivity index (χ2v) is 6.86. The molecule has 1 aromatic rings. The van der Waals surface area contributed by atoms with E-state index in [0.717, 1.165) is 6.42 Å². The molecule has 1 aromatic heterocycles. The first-order valence-electron chi connectivity index (χ1n) is 7.77. The zero-order valence-electron chi connectivity index (χ0n) is 13.4. The van der Waals surface area contributed by atoms with E-state index in [4.69, 9.17) is 23.2 Å². The highest BCUT2D eigenvalue weighted by molar-refractivity contribution is 6.34. The minimum Gasteiger partial charge on any atom is -0.339 e. The Labute approximate surface area is 146 Å². The van der Waals surface area contributed by atoms with Crippen LogP contribution in [0.15, 0.2) is 12.1 Å². The van der Waals surface area contributed by atoms with Crippen LogP contribution in [-0.2, 0) is 4.79 Å². The number of rotatable bonds is 4. The maximum atomic E-state index is 12.5. The molecule has 1 aliphatic rings. The SMILES string of the molecule is CC(C)CCC(=O)N1CCN(C(=O)c2nc(Cl)ccc2Cl)CC1. The number of halogens is 2. The zero-order valence-corrected chi connectivity index (χ0v) is 14.9. The summed E-state index contributed by atoms with van der Waals surface area (Å²) >= 11 is 11.9. The molecule has 1 saturated heterocycles. The average molecular weight is 358 g/mol. The van der Waals surface area contributed by atoms with Crippen molar-refractivity contribution in [2.45, 2.75) is 26.7 Å². The van der Waals surface area contributed by atoms with Crippen molar-refractivity contribution in [1.82, 2.24) is 14.8 Å². The van der Waals surface area contributed by atoms with Crippen LogP contribution in [0.1, 0.15) is 37.2 Å². The maximum Gasteiger partial charge on any atom is 0.274 e. The first-order valence-corrected chi connectivity index (χ1v) is 8.53. The van der Waals surface area contributed by atoms with E-state index in [1.807, 2.05) is 4.90 Å². The van der Waals surface area contributed by atoms with E-state index in [0.29, 0.717) is 38.5 Å². The minimum atomic E-state index is -0.244. The minimum absolute atomic E-state index is 0.157. The first kappa shape index (κ1) is 18.0. The summed E-state index contributed by atoms with van der Waals surface area (Å²) < 4.78 is 0. The zero-order chi connectivity index (χ0) is 17.0. The number of pyridine rings is 1. The van der Waals surface area contributed by atoms with Gasteiger partial charge in [0.05, 0.1) is 5.02 Å². The molecule has 0 spiro atoms. The van der Waals surface area contributed by atoms with Crippen molar-refractivity contribution in [3.63, 3.8) is 0 Å². The Kier molecular flexibility index (Phi) is 6.25. The van der Waals surface area contributed by atoms with Gasteiger partial charge in [0.1, 0.15) is 10.8 Å². The summed E-state index contributed by atoms with van der Waals surface area (Å²) in [6, 6.07) is 3.11. The monoisotopic (exact) mass is 357 g/mol. The molecule has 0 N–H and O–H groups in total. The molecule has 0 aliphatic carbocycles. The third-order valence-electron chi connectivity index (χ3n) is 3.87. The molecule has 0 bridgehead atoms. The molecule has 0 aromatic carbocycles. The van der Waals surface area contributed by atoms with Crippen molar-refractivity contribution >= 4 is 35.0 Å². The van der Waals surface area contributed by atoms with Crippen molar-refractivity contribution in [2.75, 3.05) is 26.2 Å². The smallest absolute Gasteiger partial charge is 0.274 e. The molecule has 5 nitrogen and oxygen atoms in total. The molecule has 1 aliphatic heterocycles. The van der Waals surface area contributed by atoms with Gasteiger partial charge in [0.15, 0.2) is 0 Å². The molecule has 126 valence electrons. The van der Waals surface area contributed by atoms with Gasteiger partial charge < -0.3 is 9.80 Å². The fourth-order valence-electron chi connectivity index (χ4n) is 2.45. The van der Waals surface area contributed by atoms with E-state index >= 15 is 0 Å². The molecule has 0 atom stereocenters. The molecule has 2 heterocycles. The molecule has 0 unspecified atom stereocenters. The molecule has 0 saturated carbocycles. The topological polar surface area (TPSA) is 53.5 Å².